The van der Waals surface area contributed by atoms with Crippen LogP contribution in [0.1, 0.15) is 32.1 Å². The first-order chi connectivity index (χ1) is 12.5. The Morgan fingerprint density at radius 2 is 2.04 bits per heavy atom. The predicted octanol–water partition coefficient (Wildman–Crippen LogP) is 3.49. The van der Waals surface area contributed by atoms with Gasteiger partial charge >= 0.3 is 6.09 Å². The van der Waals surface area contributed by atoms with Gasteiger partial charge < -0.3 is 19.9 Å². The third-order valence-corrected chi connectivity index (χ3v) is 4.50. The summed E-state index contributed by atoms with van der Waals surface area (Å²) in [4.78, 5) is 33.1. The number of halogens is 1. The summed E-state index contributed by atoms with van der Waals surface area (Å²) in [5.74, 6) is 0.508. The molecule has 2 rings (SSSR count). The second-order valence-corrected chi connectivity index (χ2v) is 6.71. The molecule has 140 valence electrons. The second kappa shape index (κ2) is 9.38. The average Bonchev–Trinajstić information content (AvgIpc) is 3.14. The highest BCUT2D eigenvalue weighted by Gasteiger charge is 2.23. The largest absolute Gasteiger partial charge is 0.453 e. The smallest absolute Gasteiger partial charge is 0.407 e. The number of imidazole rings is 1. The number of hydrogen-bond acceptors (Lipinski definition) is 4. The van der Waals surface area contributed by atoms with Crippen molar-refractivity contribution in [3.05, 3.63) is 40.8 Å². The number of ether oxygens (including phenoxy) is 1. The Balaban J connectivity index is 2.13. The Morgan fingerprint density at radius 1 is 1.35 bits per heavy atom. The zero-order chi connectivity index (χ0) is 19.1. The third kappa shape index (κ3) is 5.08. The zero-order valence-corrected chi connectivity index (χ0v) is 16.7. The van der Waals surface area contributed by atoms with Crippen LogP contribution in [0.2, 0.25) is 0 Å². The number of carbonyl (C=O) groups excluding carboxylic acids is 2. The SMILES string of the molecule is CCCN(C(=O)CNC(=O)OC)C(C)c1ncc(-c2ccc(Br)cc2)[nH]1. The van der Waals surface area contributed by atoms with Crippen LogP contribution in [0.15, 0.2) is 34.9 Å². The topological polar surface area (TPSA) is 87.3 Å². The molecule has 2 N–H and O–H groups in total. The molecule has 0 fully saturated rings. The molecule has 2 aromatic rings. The molecule has 2 amide bonds. The summed E-state index contributed by atoms with van der Waals surface area (Å²) in [6, 6.07) is 7.66. The van der Waals surface area contributed by atoms with Gasteiger partial charge in [-0.2, -0.15) is 0 Å². The zero-order valence-electron chi connectivity index (χ0n) is 15.1. The van der Waals surface area contributed by atoms with Gasteiger partial charge in [0.1, 0.15) is 12.4 Å². The number of rotatable bonds is 7. The molecule has 26 heavy (non-hydrogen) atoms. The molecule has 1 atom stereocenters. The number of amides is 2. The van der Waals surface area contributed by atoms with Crippen molar-refractivity contribution < 1.29 is 14.3 Å². The number of hydrogen-bond donors (Lipinski definition) is 2. The quantitative estimate of drug-likeness (QED) is 0.714. The summed E-state index contributed by atoms with van der Waals surface area (Å²) >= 11 is 3.42. The number of nitrogens with one attached hydrogen (secondary N) is 2. The maximum absolute atomic E-state index is 12.5. The first-order valence-corrected chi connectivity index (χ1v) is 9.17. The van der Waals surface area contributed by atoms with E-state index in [2.05, 4.69) is 36.0 Å². The van der Waals surface area contributed by atoms with Gasteiger partial charge in [-0.25, -0.2) is 9.78 Å². The monoisotopic (exact) mass is 422 g/mol. The van der Waals surface area contributed by atoms with Crippen molar-refractivity contribution in [2.24, 2.45) is 0 Å². The van der Waals surface area contributed by atoms with Crippen LogP contribution in [0, 0.1) is 0 Å². The molecular formula is C18H23BrN4O3. The van der Waals surface area contributed by atoms with Crippen molar-refractivity contribution in [1.29, 1.82) is 0 Å². The molecule has 1 aromatic heterocycles. The van der Waals surface area contributed by atoms with Crippen LogP contribution in [0.5, 0.6) is 0 Å². The Hall–Kier alpha value is -2.35. The lowest BCUT2D eigenvalue weighted by Gasteiger charge is -2.27. The highest BCUT2D eigenvalue weighted by molar-refractivity contribution is 9.10. The van der Waals surface area contributed by atoms with Gasteiger partial charge in [-0.3, -0.25) is 4.79 Å². The predicted molar refractivity (Wildman–Crippen MR) is 103 cm³/mol. The number of aromatic amines is 1. The van der Waals surface area contributed by atoms with Crippen LogP contribution in [-0.2, 0) is 9.53 Å². The average molecular weight is 423 g/mol. The van der Waals surface area contributed by atoms with Crippen LogP contribution in [0.25, 0.3) is 11.3 Å². The summed E-state index contributed by atoms with van der Waals surface area (Å²) in [6.07, 6.45) is 1.93. The van der Waals surface area contributed by atoms with Crippen molar-refractivity contribution in [1.82, 2.24) is 20.2 Å². The second-order valence-electron chi connectivity index (χ2n) is 5.80. The van der Waals surface area contributed by atoms with Crippen molar-refractivity contribution in [3.8, 4) is 11.3 Å². The standard InChI is InChI=1S/C18H23BrN4O3/c1-4-9-23(16(24)11-21-18(25)26-3)12(2)17-20-10-15(22-17)13-5-7-14(19)8-6-13/h5-8,10,12H,4,9,11H2,1-3H3,(H,20,22)(H,21,25). The van der Waals surface area contributed by atoms with Crippen molar-refractivity contribution in [2.45, 2.75) is 26.3 Å². The van der Waals surface area contributed by atoms with Crippen LogP contribution in [-0.4, -0.2) is 47.1 Å². The molecule has 1 heterocycles. The fourth-order valence-corrected chi connectivity index (χ4v) is 2.83. The maximum Gasteiger partial charge on any atom is 0.407 e. The van der Waals surface area contributed by atoms with Crippen LogP contribution >= 0.6 is 15.9 Å². The number of carbonyl (C=O) groups is 2. The normalized spacial score (nSPS) is 11.7. The van der Waals surface area contributed by atoms with E-state index in [9.17, 15) is 9.59 Å². The highest BCUT2D eigenvalue weighted by atomic mass is 79.9. The molecule has 0 saturated carbocycles. The molecule has 0 aliphatic carbocycles. The van der Waals surface area contributed by atoms with E-state index in [1.165, 1.54) is 7.11 Å². The Kier molecular flexibility index (Phi) is 7.20. The summed E-state index contributed by atoms with van der Waals surface area (Å²) in [6.45, 7) is 4.36. The minimum absolute atomic E-state index is 0.114. The maximum atomic E-state index is 12.5. The van der Waals surface area contributed by atoms with Gasteiger partial charge in [0.15, 0.2) is 0 Å². The fraction of sp³-hybridized carbons (Fsp3) is 0.389. The van der Waals surface area contributed by atoms with E-state index in [4.69, 9.17) is 0 Å². The third-order valence-electron chi connectivity index (χ3n) is 3.97. The number of aromatic nitrogens is 2. The molecule has 0 saturated heterocycles. The van der Waals surface area contributed by atoms with Crippen LogP contribution in [0.3, 0.4) is 0 Å². The number of H-pyrrole nitrogens is 1. The molecule has 8 heteroatoms. The Morgan fingerprint density at radius 3 is 2.65 bits per heavy atom. The lowest BCUT2D eigenvalue weighted by molar-refractivity contribution is -0.132. The molecular weight excluding hydrogens is 400 g/mol. The van der Waals surface area contributed by atoms with E-state index in [0.717, 1.165) is 22.2 Å². The highest BCUT2D eigenvalue weighted by Crippen LogP contribution is 2.24. The molecule has 0 aliphatic heterocycles. The van der Waals surface area contributed by atoms with Gasteiger partial charge in [-0.15, -0.1) is 0 Å². The van der Waals surface area contributed by atoms with E-state index in [1.807, 2.05) is 38.1 Å². The summed E-state index contributed by atoms with van der Waals surface area (Å²) < 4.78 is 5.51. The molecule has 0 bridgehead atoms. The molecule has 7 nitrogen and oxygen atoms in total. The van der Waals surface area contributed by atoms with Gasteiger partial charge in [0.25, 0.3) is 0 Å². The first-order valence-electron chi connectivity index (χ1n) is 8.38. The first kappa shape index (κ1) is 20.0. The van der Waals surface area contributed by atoms with Gasteiger partial charge in [0.05, 0.1) is 25.0 Å². The number of methoxy groups -OCH3 is 1. The van der Waals surface area contributed by atoms with E-state index in [0.29, 0.717) is 12.4 Å². The van der Waals surface area contributed by atoms with Gasteiger partial charge in [0.2, 0.25) is 5.91 Å². The number of nitrogens with zero attached hydrogens (tertiary/aromatic N) is 2. The van der Waals surface area contributed by atoms with Gasteiger partial charge in [-0.05, 0) is 31.0 Å². The molecule has 1 unspecified atom stereocenters. The van der Waals surface area contributed by atoms with E-state index >= 15 is 0 Å². The number of benzene rings is 1. The summed E-state index contributed by atoms with van der Waals surface area (Å²) in [7, 11) is 1.26. The van der Waals surface area contributed by atoms with E-state index < -0.39 is 6.09 Å². The van der Waals surface area contributed by atoms with Gasteiger partial charge in [-0.1, -0.05) is 35.0 Å². The molecule has 0 aliphatic rings. The van der Waals surface area contributed by atoms with E-state index in [-0.39, 0.29) is 18.5 Å². The van der Waals surface area contributed by atoms with Gasteiger partial charge in [0, 0.05) is 11.0 Å². The summed E-state index contributed by atoms with van der Waals surface area (Å²) in [5.41, 5.74) is 1.90. The molecule has 0 radical (unpaired) electrons. The van der Waals surface area contributed by atoms with Crippen LogP contribution < -0.4 is 5.32 Å². The minimum atomic E-state index is -0.627. The van der Waals surface area contributed by atoms with Crippen molar-refractivity contribution >= 4 is 27.9 Å². The Bertz CT molecular complexity index is 745. The summed E-state index contributed by atoms with van der Waals surface area (Å²) in [5, 5.41) is 2.43. The molecule has 1 aromatic carbocycles. The van der Waals surface area contributed by atoms with Crippen molar-refractivity contribution in [2.75, 3.05) is 20.2 Å². The lowest BCUT2D eigenvalue weighted by Crippen LogP contribution is -2.42. The lowest BCUT2D eigenvalue weighted by atomic mass is 10.2. The van der Waals surface area contributed by atoms with E-state index in [1.54, 1.807) is 11.1 Å². The number of alkyl carbamates (subject to hydrolysis) is 1. The minimum Gasteiger partial charge on any atom is -0.453 e. The van der Waals surface area contributed by atoms with Crippen LogP contribution in [0.4, 0.5) is 4.79 Å². The Labute approximate surface area is 161 Å². The fourth-order valence-electron chi connectivity index (χ4n) is 2.57. The van der Waals surface area contributed by atoms with Crippen molar-refractivity contribution in [3.63, 3.8) is 0 Å². The molecule has 0 spiro atoms.